The van der Waals surface area contributed by atoms with Gasteiger partial charge in [0.25, 0.3) is 5.91 Å². The summed E-state index contributed by atoms with van der Waals surface area (Å²) in [5.74, 6) is -0.0217. The molecule has 5 heteroatoms. The highest BCUT2D eigenvalue weighted by Gasteiger charge is 2.37. The second-order valence-electron chi connectivity index (χ2n) is 5.90. The van der Waals surface area contributed by atoms with E-state index in [0.29, 0.717) is 18.2 Å². The van der Waals surface area contributed by atoms with E-state index in [2.05, 4.69) is 21.2 Å². The van der Waals surface area contributed by atoms with E-state index in [-0.39, 0.29) is 17.9 Å². The number of hydrogen-bond donors (Lipinski definition) is 1. The third kappa shape index (κ3) is 3.12. The van der Waals surface area contributed by atoms with Crippen LogP contribution < -0.4 is 5.32 Å². The van der Waals surface area contributed by atoms with E-state index >= 15 is 0 Å². The smallest absolute Gasteiger partial charge is 0.254 e. The van der Waals surface area contributed by atoms with E-state index in [0.717, 1.165) is 35.7 Å². The van der Waals surface area contributed by atoms with Gasteiger partial charge in [-0.25, -0.2) is 0 Å². The summed E-state index contributed by atoms with van der Waals surface area (Å²) in [6.45, 7) is 2.59. The van der Waals surface area contributed by atoms with Crippen LogP contribution >= 0.6 is 15.9 Å². The van der Waals surface area contributed by atoms with Gasteiger partial charge in [-0.3, -0.25) is 9.59 Å². The van der Waals surface area contributed by atoms with Crippen molar-refractivity contribution in [2.24, 2.45) is 0 Å². The molecule has 1 aromatic carbocycles. The van der Waals surface area contributed by atoms with Gasteiger partial charge in [-0.15, -0.1) is 0 Å². The van der Waals surface area contributed by atoms with Gasteiger partial charge >= 0.3 is 0 Å². The fraction of sp³-hybridized carbons (Fsp3) is 0.500. The molecule has 1 unspecified atom stereocenters. The summed E-state index contributed by atoms with van der Waals surface area (Å²) in [6, 6.07) is 5.67. The van der Waals surface area contributed by atoms with Crippen molar-refractivity contribution in [3.05, 3.63) is 33.8 Å². The Hall–Kier alpha value is -1.36. The second-order valence-corrected chi connectivity index (χ2v) is 6.81. The lowest BCUT2D eigenvalue weighted by molar-refractivity contribution is -0.125. The summed E-state index contributed by atoms with van der Waals surface area (Å²) in [5, 5.41) is 3.02. The van der Waals surface area contributed by atoms with Crippen LogP contribution in [0.1, 0.15) is 41.6 Å². The summed E-state index contributed by atoms with van der Waals surface area (Å²) in [5.41, 5.74) is 1.62. The summed E-state index contributed by atoms with van der Waals surface area (Å²) in [7, 11) is 0. The van der Waals surface area contributed by atoms with E-state index in [1.807, 2.05) is 25.1 Å². The Morgan fingerprint density at radius 2 is 2.05 bits per heavy atom. The largest absolute Gasteiger partial charge is 0.352 e. The molecule has 1 saturated carbocycles. The summed E-state index contributed by atoms with van der Waals surface area (Å²) < 4.78 is 0.959. The van der Waals surface area contributed by atoms with Gasteiger partial charge in [-0.05, 0) is 56.4 Å². The number of nitrogens with zero attached hydrogens (tertiary/aromatic N) is 1. The lowest BCUT2D eigenvalue weighted by Crippen LogP contribution is -2.46. The van der Waals surface area contributed by atoms with E-state index in [1.165, 1.54) is 0 Å². The number of halogens is 1. The molecule has 2 amide bonds. The average Bonchev–Trinajstić information content (AvgIpc) is 3.11. The molecule has 21 heavy (non-hydrogen) atoms. The average molecular weight is 351 g/mol. The Labute approximate surface area is 133 Å². The molecule has 0 spiro atoms. The number of amides is 2. The first-order chi connectivity index (χ1) is 10.1. The van der Waals surface area contributed by atoms with Crippen molar-refractivity contribution in [2.45, 2.75) is 44.7 Å². The maximum Gasteiger partial charge on any atom is 0.254 e. The fourth-order valence-electron chi connectivity index (χ4n) is 2.83. The highest BCUT2D eigenvalue weighted by atomic mass is 79.9. The van der Waals surface area contributed by atoms with Gasteiger partial charge in [0.1, 0.15) is 6.04 Å². The molecule has 0 aromatic heterocycles. The van der Waals surface area contributed by atoms with Crippen LogP contribution in [0.15, 0.2) is 22.7 Å². The third-order valence-electron chi connectivity index (χ3n) is 4.16. The van der Waals surface area contributed by atoms with Crippen molar-refractivity contribution < 1.29 is 9.59 Å². The lowest BCUT2D eigenvalue weighted by atomic mass is 10.1. The predicted octanol–water partition coefficient (Wildman–Crippen LogP) is 2.64. The maximum atomic E-state index is 12.7. The lowest BCUT2D eigenvalue weighted by Gasteiger charge is -2.24. The Kier molecular flexibility index (Phi) is 4.02. The number of nitrogens with one attached hydrogen (secondary N) is 1. The van der Waals surface area contributed by atoms with Crippen molar-refractivity contribution in [3.63, 3.8) is 0 Å². The predicted molar refractivity (Wildman–Crippen MR) is 84.1 cm³/mol. The molecule has 1 aliphatic heterocycles. The minimum Gasteiger partial charge on any atom is -0.352 e. The number of aryl methyl sites for hydroxylation is 1. The zero-order valence-corrected chi connectivity index (χ0v) is 13.6. The zero-order valence-electron chi connectivity index (χ0n) is 12.1. The standard InChI is InChI=1S/C16H19BrN2O2/c1-10-9-11(17)4-7-13(10)16(21)19-8-2-3-14(19)15(20)18-12-5-6-12/h4,7,9,12,14H,2-3,5-6,8H2,1H3,(H,18,20). The minimum absolute atomic E-state index is 0.0121. The van der Waals surface area contributed by atoms with Crippen molar-refractivity contribution in [1.82, 2.24) is 10.2 Å². The molecule has 0 radical (unpaired) electrons. The Bertz CT molecular complexity index is 584. The third-order valence-corrected chi connectivity index (χ3v) is 4.65. The molecule has 1 atom stereocenters. The van der Waals surface area contributed by atoms with Crippen LogP contribution in [0.25, 0.3) is 0 Å². The first kappa shape index (κ1) is 14.6. The number of rotatable bonds is 3. The van der Waals surface area contributed by atoms with Crippen molar-refractivity contribution >= 4 is 27.7 Å². The van der Waals surface area contributed by atoms with Crippen molar-refractivity contribution in [1.29, 1.82) is 0 Å². The number of carbonyl (C=O) groups excluding carboxylic acids is 2. The van der Waals surface area contributed by atoms with Gasteiger partial charge in [0, 0.05) is 22.6 Å². The second kappa shape index (κ2) is 5.79. The number of carbonyl (C=O) groups is 2. The maximum absolute atomic E-state index is 12.7. The normalized spacial score (nSPS) is 21.4. The fourth-order valence-corrected chi connectivity index (χ4v) is 3.30. The molecule has 1 aromatic rings. The molecule has 2 aliphatic rings. The SMILES string of the molecule is Cc1cc(Br)ccc1C(=O)N1CCCC1C(=O)NC1CC1. The van der Waals surface area contributed by atoms with Gasteiger partial charge in [0.15, 0.2) is 0 Å². The van der Waals surface area contributed by atoms with Crippen molar-refractivity contribution in [2.75, 3.05) is 6.54 Å². The monoisotopic (exact) mass is 350 g/mol. The molecular formula is C16H19BrN2O2. The van der Waals surface area contributed by atoms with Crippen LogP contribution in [0.4, 0.5) is 0 Å². The first-order valence-electron chi connectivity index (χ1n) is 7.44. The highest BCUT2D eigenvalue weighted by Crippen LogP contribution is 2.25. The van der Waals surface area contributed by atoms with E-state index in [4.69, 9.17) is 0 Å². The van der Waals surface area contributed by atoms with E-state index in [9.17, 15) is 9.59 Å². The van der Waals surface area contributed by atoms with E-state index < -0.39 is 0 Å². The van der Waals surface area contributed by atoms with Crippen LogP contribution in [0, 0.1) is 6.92 Å². The summed E-state index contributed by atoms with van der Waals surface area (Å²) in [4.78, 5) is 26.7. The van der Waals surface area contributed by atoms with Gasteiger partial charge < -0.3 is 10.2 Å². The first-order valence-corrected chi connectivity index (χ1v) is 8.23. The van der Waals surface area contributed by atoms with Crippen molar-refractivity contribution in [3.8, 4) is 0 Å². The topological polar surface area (TPSA) is 49.4 Å². The molecule has 4 nitrogen and oxygen atoms in total. The molecule has 3 rings (SSSR count). The van der Waals surface area contributed by atoms with Crippen LogP contribution in [-0.4, -0.2) is 35.3 Å². The van der Waals surface area contributed by atoms with Crippen LogP contribution in [0.5, 0.6) is 0 Å². The van der Waals surface area contributed by atoms with Crippen LogP contribution in [0.3, 0.4) is 0 Å². The number of benzene rings is 1. The molecule has 2 fully saturated rings. The molecule has 1 saturated heterocycles. The highest BCUT2D eigenvalue weighted by molar-refractivity contribution is 9.10. The molecule has 1 heterocycles. The van der Waals surface area contributed by atoms with E-state index in [1.54, 1.807) is 4.90 Å². The van der Waals surface area contributed by atoms with Gasteiger partial charge in [0.05, 0.1) is 0 Å². The Morgan fingerprint density at radius 3 is 2.71 bits per heavy atom. The molecule has 1 aliphatic carbocycles. The number of hydrogen-bond acceptors (Lipinski definition) is 2. The summed E-state index contributed by atoms with van der Waals surface area (Å²) >= 11 is 3.41. The Morgan fingerprint density at radius 1 is 1.29 bits per heavy atom. The Balaban J connectivity index is 1.77. The molecule has 0 bridgehead atoms. The van der Waals surface area contributed by atoms with Gasteiger partial charge in [0.2, 0.25) is 5.91 Å². The van der Waals surface area contributed by atoms with Crippen LogP contribution in [0.2, 0.25) is 0 Å². The van der Waals surface area contributed by atoms with Gasteiger partial charge in [-0.1, -0.05) is 15.9 Å². The molecule has 1 N–H and O–H groups in total. The summed E-state index contributed by atoms with van der Waals surface area (Å²) in [6.07, 6.45) is 3.79. The van der Waals surface area contributed by atoms with Gasteiger partial charge in [-0.2, -0.15) is 0 Å². The zero-order chi connectivity index (χ0) is 15.0. The minimum atomic E-state index is -0.304. The molecular weight excluding hydrogens is 332 g/mol. The quantitative estimate of drug-likeness (QED) is 0.910. The molecule has 112 valence electrons. The van der Waals surface area contributed by atoms with Crippen LogP contribution in [-0.2, 0) is 4.79 Å². The number of likely N-dealkylation sites (tertiary alicyclic amines) is 1.